The lowest BCUT2D eigenvalue weighted by Gasteiger charge is -2.33. The van der Waals surface area contributed by atoms with Crippen molar-refractivity contribution in [1.29, 1.82) is 0 Å². The van der Waals surface area contributed by atoms with Gasteiger partial charge in [0.05, 0.1) is 6.10 Å². The second-order valence-corrected chi connectivity index (χ2v) is 2.81. The third kappa shape index (κ3) is 1.29. The molecule has 0 bridgehead atoms. The molecule has 1 heterocycles. The van der Waals surface area contributed by atoms with Crippen molar-refractivity contribution in [3.8, 4) is 0 Å². The molecular formula is C6H13NO3. The number of aliphatic hydroxyl groups is 3. The number of hydrogen-bond acceptors (Lipinski definition) is 4. The van der Waals surface area contributed by atoms with Crippen LogP contribution >= 0.6 is 0 Å². The van der Waals surface area contributed by atoms with E-state index >= 15 is 0 Å². The first-order valence-corrected chi connectivity index (χ1v) is 3.40. The topological polar surface area (TPSA) is 72.7 Å². The minimum atomic E-state index is -1.05. The summed E-state index contributed by atoms with van der Waals surface area (Å²) >= 11 is 0. The summed E-state index contributed by atoms with van der Waals surface area (Å²) in [6.45, 7) is 2.35. The van der Waals surface area contributed by atoms with Crippen LogP contribution in [0.4, 0.5) is 0 Å². The summed E-state index contributed by atoms with van der Waals surface area (Å²) in [6, 6.07) is 0. The highest BCUT2D eigenvalue weighted by Crippen LogP contribution is 2.13. The Labute approximate surface area is 59.5 Å². The largest absolute Gasteiger partial charge is 0.390 e. The predicted molar refractivity (Wildman–Crippen MR) is 35.2 cm³/mol. The Balaban J connectivity index is 2.52. The van der Waals surface area contributed by atoms with E-state index in [1.54, 1.807) is 0 Å². The van der Waals surface area contributed by atoms with Crippen molar-refractivity contribution >= 4 is 0 Å². The maximum absolute atomic E-state index is 9.17. The van der Waals surface area contributed by atoms with Crippen LogP contribution < -0.4 is 5.32 Å². The van der Waals surface area contributed by atoms with Crippen LogP contribution in [0.2, 0.25) is 0 Å². The number of rotatable bonds is 0. The average molecular weight is 147 g/mol. The summed E-state index contributed by atoms with van der Waals surface area (Å²) in [5, 5.41) is 29.8. The Morgan fingerprint density at radius 3 is 2.30 bits per heavy atom. The molecule has 0 aliphatic carbocycles. The van der Waals surface area contributed by atoms with Crippen LogP contribution in [0.1, 0.15) is 6.92 Å². The Hall–Kier alpha value is -0.160. The molecule has 1 saturated heterocycles. The molecule has 60 valence electrons. The fraction of sp³-hybridized carbons (Fsp3) is 1.00. The second kappa shape index (κ2) is 2.84. The highest BCUT2D eigenvalue weighted by Gasteiger charge is 2.33. The lowest BCUT2D eigenvalue weighted by Crippen LogP contribution is -2.56. The van der Waals surface area contributed by atoms with Crippen molar-refractivity contribution in [2.45, 2.75) is 25.4 Å². The first-order valence-electron chi connectivity index (χ1n) is 3.40. The molecule has 0 aromatic carbocycles. The Bertz CT molecular complexity index is 106. The van der Waals surface area contributed by atoms with Gasteiger partial charge in [0.15, 0.2) is 0 Å². The van der Waals surface area contributed by atoms with E-state index in [0.717, 1.165) is 0 Å². The van der Waals surface area contributed by atoms with Crippen molar-refractivity contribution in [2.24, 2.45) is 5.92 Å². The Kier molecular flexibility index (Phi) is 2.25. The summed E-state index contributed by atoms with van der Waals surface area (Å²) in [7, 11) is 0. The van der Waals surface area contributed by atoms with E-state index in [0.29, 0.717) is 6.54 Å². The SMILES string of the molecule is C[C@@H]1CN[C@H](O)[C@@H](O)[C@@H]1O. The Morgan fingerprint density at radius 1 is 1.20 bits per heavy atom. The normalized spacial score (nSPS) is 49.2. The number of aliphatic hydroxyl groups excluding tert-OH is 3. The van der Waals surface area contributed by atoms with Gasteiger partial charge in [-0.25, -0.2) is 0 Å². The maximum atomic E-state index is 9.17. The molecule has 1 rings (SSSR count). The fourth-order valence-corrected chi connectivity index (χ4v) is 1.07. The van der Waals surface area contributed by atoms with E-state index in [4.69, 9.17) is 15.3 Å². The van der Waals surface area contributed by atoms with Gasteiger partial charge in [-0.2, -0.15) is 0 Å². The number of hydrogen-bond donors (Lipinski definition) is 4. The maximum Gasteiger partial charge on any atom is 0.133 e. The van der Waals surface area contributed by atoms with E-state index in [1.165, 1.54) is 0 Å². The summed E-state index contributed by atoms with van der Waals surface area (Å²) in [5.74, 6) is -0.00148. The minimum absolute atomic E-state index is 0.00148. The van der Waals surface area contributed by atoms with Gasteiger partial charge < -0.3 is 15.3 Å². The van der Waals surface area contributed by atoms with Crippen molar-refractivity contribution in [1.82, 2.24) is 5.32 Å². The molecule has 0 aromatic rings. The molecule has 1 fully saturated rings. The van der Waals surface area contributed by atoms with Gasteiger partial charge in [0.25, 0.3) is 0 Å². The van der Waals surface area contributed by atoms with Crippen molar-refractivity contribution in [3.05, 3.63) is 0 Å². The van der Waals surface area contributed by atoms with Crippen LogP contribution in [-0.2, 0) is 0 Å². The lowest BCUT2D eigenvalue weighted by atomic mass is 9.95. The summed E-state index contributed by atoms with van der Waals surface area (Å²) in [5.41, 5.74) is 0. The van der Waals surface area contributed by atoms with E-state index in [2.05, 4.69) is 5.32 Å². The number of nitrogens with one attached hydrogen (secondary N) is 1. The monoisotopic (exact) mass is 147 g/mol. The average Bonchev–Trinajstić information content (AvgIpc) is 1.93. The third-order valence-electron chi connectivity index (χ3n) is 1.91. The fourth-order valence-electron chi connectivity index (χ4n) is 1.07. The molecule has 4 heteroatoms. The highest BCUT2D eigenvalue weighted by molar-refractivity contribution is 4.84. The van der Waals surface area contributed by atoms with Gasteiger partial charge in [0.1, 0.15) is 12.3 Å². The summed E-state index contributed by atoms with van der Waals surface area (Å²) in [6.07, 6.45) is -2.84. The van der Waals surface area contributed by atoms with Crippen LogP contribution in [-0.4, -0.2) is 40.3 Å². The van der Waals surface area contributed by atoms with E-state index < -0.39 is 18.4 Å². The molecule has 0 radical (unpaired) electrons. The quantitative estimate of drug-likeness (QED) is 0.328. The van der Waals surface area contributed by atoms with Gasteiger partial charge in [-0.15, -0.1) is 0 Å². The van der Waals surface area contributed by atoms with Crippen molar-refractivity contribution in [3.63, 3.8) is 0 Å². The first-order chi connectivity index (χ1) is 4.63. The molecule has 0 aromatic heterocycles. The summed E-state index contributed by atoms with van der Waals surface area (Å²) < 4.78 is 0. The lowest BCUT2D eigenvalue weighted by molar-refractivity contribution is -0.113. The van der Waals surface area contributed by atoms with E-state index in [-0.39, 0.29) is 5.92 Å². The summed E-state index contributed by atoms with van der Waals surface area (Å²) in [4.78, 5) is 0. The standard InChI is InChI=1S/C6H13NO3/c1-3-2-7-6(10)5(9)4(3)8/h3-10H,2H2,1H3/t3-,4-,5+,6-/m1/s1. The molecule has 4 atom stereocenters. The van der Waals surface area contributed by atoms with E-state index in [9.17, 15) is 0 Å². The zero-order chi connectivity index (χ0) is 7.72. The van der Waals surface area contributed by atoms with Crippen molar-refractivity contribution < 1.29 is 15.3 Å². The molecule has 1 aliphatic rings. The molecule has 0 unspecified atom stereocenters. The molecule has 0 amide bonds. The second-order valence-electron chi connectivity index (χ2n) is 2.81. The molecule has 0 spiro atoms. The smallest absolute Gasteiger partial charge is 0.133 e. The zero-order valence-electron chi connectivity index (χ0n) is 5.86. The zero-order valence-corrected chi connectivity index (χ0v) is 5.86. The van der Waals surface area contributed by atoms with Crippen LogP contribution in [0.15, 0.2) is 0 Å². The van der Waals surface area contributed by atoms with Crippen LogP contribution in [0.25, 0.3) is 0 Å². The van der Waals surface area contributed by atoms with Gasteiger partial charge in [0, 0.05) is 6.54 Å². The number of piperidine rings is 1. The van der Waals surface area contributed by atoms with Crippen LogP contribution in [0.5, 0.6) is 0 Å². The molecule has 0 saturated carbocycles. The predicted octanol–water partition coefficient (Wildman–Crippen LogP) is -1.73. The van der Waals surface area contributed by atoms with Crippen LogP contribution in [0, 0.1) is 5.92 Å². The van der Waals surface area contributed by atoms with Gasteiger partial charge >= 0.3 is 0 Å². The molecule has 1 aliphatic heterocycles. The third-order valence-corrected chi connectivity index (χ3v) is 1.91. The molecule has 4 nitrogen and oxygen atoms in total. The first kappa shape index (κ1) is 7.94. The van der Waals surface area contributed by atoms with Gasteiger partial charge in [-0.3, -0.25) is 5.32 Å². The van der Waals surface area contributed by atoms with Crippen molar-refractivity contribution in [2.75, 3.05) is 6.54 Å². The van der Waals surface area contributed by atoms with Gasteiger partial charge in [-0.1, -0.05) is 6.92 Å². The molecular weight excluding hydrogens is 134 g/mol. The van der Waals surface area contributed by atoms with Gasteiger partial charge in [-0.05, 0) is 5.92 Å². The molecule has 10 heavy (non-hydrogen) atoms. The van der Waals surface area contributed by atoms with Gasteiger partial charge in [0.2, 0.25) is 0 Å². The minimum Gasteiger partial charge on any atom is -0.390 e. The molecule has 4 N–H and O–H groups in total. The van der Waals surface area contributed by atoms with E-state index in [1.807, 2.05) is 6.92 Å². The van der Waals surface area contributed by atoms with Crippen LogP contribution in [0.3, 0.4) is 0 Å². The Morgan fingerprint density at radius 2 is 1.80 bits per heavy atom. The highest BCUT2D eigenvalue weighted by atomic mass is 16.4.